The molecule has 4 fully saturated rings. The Morgan fingerprint density at radius 2 is 0.848 bits per heavy atom. The molecule has 0 bridgehead atoms. The summed E-state index contributed by atoms with van der Waals surface area (Å²) in [6, 6.07) is 9.10. The Morgan fingerprint density at radius 3 is 1.11 bits per heavy atom. The topological polar surface area (TPSA) is 26.4 Å². The van der Waals surface area contributed by atoms with E-state index in [-0.39, 0.29) is 0 Å². The van der Waals surface area contributed by atoms with Crippen LogP contribution in [0.3, 0.4) is 0 Å². The average molecular weight is 752 g/mol. The molecule has 0 spiro atoms. The van der Waals surface area contributed by atoms with Crippen molar-refractivity contribution in [2.45, 2.75) is 155 Å². The molecule has 0 atom stereocenters. The SMILES string of the molecule is C1CCC(P(C2CCCCC2)C2CCCCC2)CC1.Cc1cc(C)c(N2CCN(c3c(C)cc(C)cc3C)[C]2=[RuH][Cl])c(C)c1.[C-]#[O+]. The molecule has 1 saturated heterocycles. The van der Waals surface area contributed by atoms with Crippen molar-refractivity contribution in [3.63, 3.8) is 0 Å². The van der Waals surface area contributed by atoms with Crippen molar-refractivity contribution in [3.05, 3.63) is 64.3 Å². The zero-order chi connectivity index (χ0) is 33.2. The van der Waals surface area contributed by atoms with Crippen molar-refractivity contribution in [3.8, 4) is 0 Å². The summed E-state index contributed by atoms with van der Waals surface area (Å²) in [4.78, 5) is 4.92. The van der Waals surface area contributed by atoms with Crippen LogP contribution in [0, 0.1) is 48.2 Å². The monoisotopic (exact) mass is 752 g/mol. The second-order valence-electron chi connectivity index (χ2n) is 14.5. The first-order valence-corrected chi connectivity index (χ1v) is 23.0. The predicted molar refractivity (Wildman–Crippen MR) is 200 cm³/mol. The van der Waals surface area contributed by atoms with Crippen LogP contribution in [0.2, 0.25) is 0 Å². The predicted octanol–water partition coefficient (Wildman–Crippen LogP) is 11.3. The molecule has 3 aliphatic carbocycles. The Kier molecular flexibility index (Phi) is 15.3. The van der Waals surface area contributed by atoms with Gasteiger partial charge in [-0.2, -0.15) is 0 Å². The molecule has 0 radical (unpaired) electrons. The maximum absolute atomic E-state index is 7.50. The van der Waals surface area contributed by atoms with Gasteiger partial charge >= 0.3 is 174 Å². The Labute approximate surface area is 294 Å². The normalized spacial score (nSPS) is 20.0. The van der Waals surface area contributed by atoms with Gasteiger partial charge in [-0.15, -0.1) is 0 Å². The minimum atomic E-state index is -0.554. The van der Waals surface area contributed by atoms with E-state index in [1.165, 1.54) is 85.3 Å². The second-order valence-corrected chi connectivity index (χ2v) is 19.6. The van der Waals surface area contributed by atoms with Gasteiger partial charge in [-0.05, 0) is 55.5 Å². The van der Waals surface area contributed by atoms with Crippen LogP contribution in [0.25, 0.3) is 0 Å². The molecule has 256 valence electrons. The van der Waals surface area contributed by atoms with Crippen molar-refractivity contribution in [1.82, 2.24) is 0 Å². The molecule has 3 nitrogen and oxygen atoms in total. The first kappa shape index (κ1) is 37.8. The molecule has 2 aromatic carbocycles. The molecular weight excluding hydrogens is 692 g/mol. The van der Waals surface area contributed by atoms with E-state index in [9.17, 15) is 0 Å². The van der Waals surface area contributed by atoms with Crippen LogP contribution >= 0.6 is 17.6 Å². The fraction of sp³-hybridized carbons (Fsp3) is 0.650. The number of nitrogens with zero attached hydrogens (tertiary/aromatic N) is 2. The van der Waals surface area contributed by atoms with Gasteiger partial charge in [-0.3, -0.25) is 0 Å². The van der Waals surface area contributed by atoms with Crippen LogP contribution < -0.4 is 9.80 Å². The molecule has 1 heterocycles. The van der Waals surface area contributed by atoms with E-state index in [1.807, 2.05) is 0 Å². The van der Waals surface area contributed by atoms with Crippen molar-refractivity contribution in [2.75, 3.05) is 22.9 Å². The molecule has 0 aromatic heterocycles. The summed E-state index contributed by atoms with van der Waals surface area (Å²) in [5.41, 5.74) is 14.2. The van der Waals surface area contributed by atoms with E-state index in [2.05, 4.69) is 82.3 Å². The van der Waals surface area contributed by atoms with Crippen LogP contribution in [0.1, 0.15) is 130 Å². The quantitative estimate of drug-likeness (QED) is 0.132. The van der Waals surface area contributed by atoms with E-state index in [4.69, 9.17) is 14.3 Å². The average Bonchev–Trinajstić information content (AvgIpc) is 3.46. The van der Waals surface area contributed by atoms with E-state index >= 15 is 0 Å². The Morgan fingerprint density at radius 1 is 0.565 bits per heavy atom. The standard InChI is InChI=1S/C21H26N2.C18H33P.CO.ClH.Ru.H/c1-14-9-16(3)20(17(4)10-14)22-7-8-23(13-22)21-18(5)11-15(2)12-19(21)6;1-4-10-16(11-5-1)19(17-12-6-2-7-13-17)18-14-8-3-9-15-18;1-2;;;/h9-12H,7-8H2,1-6H3;16-18H,1-15H2;;1H;;/q;;;;+1;/p-1. The summed E-state index contributed by atoms with van der Waals surface area (Å²) in [7, 11) is 6.94. The third kappa shape index (κ3) is 9.36. The molecule has 6 rings (SSSR count). The molecule has 0 N–H and O–H groups in total. The summed E-state index contributed by atoms with van der Waals surface area (Å²) in [5.74, 6) is 0. The van der Waals surface area contributed by atoms with Crippen molar-refractivity contribution >= 4 is 33.3 Å². The number of halogens is 1. The van der Waals surface area contributed by atoms with Gasteiger partial charge in [-0.1, -0.05) is 65.7 Å². The van der Waals surface area contributed by atoms with Crippen molar-refractivity contribution in [2.24, 2.45) is 0 Å². The summed E-state index contributed by atoms with van der Waals surface area (Å²) in [6.07, 6.45) is 23.6. The van der Waals surface area contributed by atoms with Crippen LogP contribution in [0.15, 0.2) is 24.3 Å². The fourth-order valence-corrected chi connectivity index (χ4v) is 16.0. The molecule has 46 heavy (non-hydrogen) atoms. The molecule has 4 aliphatic rings. The third-order valence-corrected chi connectivity index (χ3v) is 17.0. The maximum atomic E-state index is 7.50. The van der Waals surface area contributed by atoms with Gasteiger partial charge in [0, 0.05) is 0 Å². The zero-order valence-corrected chi connectivity index (χ0v) is 33.1. The Balaban J connectivity index is 0.000000204. The fourth-order valence-electron chi connectivity index (χ4n) is 9.24. The molecule has 6 heteroatoms. The molecule has 2 aromatic rings. The Hall–Kier alpha value is -1.01. The Bertz CT molecular complexity index is 1170. The van der Waals surface area contributed by atoms with Crippen molar-refractivity contribution in [1.29, 1.82) is 0 Å². The van der Waals surface area contributed by atoms with Gasteiger partial charge in [0.1, 0.15) is 0 Å². The number of aryl methyl sites for hydroxylation is 6. The molecule has 0 amide bonds. The number of hydrogen-bond acceptors (Lipinski definition) is 2. The number of benzene rings is 2. The second kappa shape index (κ2) is 18.7. The van der Waals surface area contributed by atoms with E-state index in [0.717, 1.165) is 13.1 Å². The summed E-state index contributed by atoms with van der Waals surface area (Å²) in [6.45, 7) is 19.7. The van der Waals surface area contributed by atoms with Gasteiger partial charge in [0.05, 0.1) is 0 Å². The number of anilines is 2. The molecular formula is C40H60ClN2OPRu. The van der Waals surface area contributed by atoms with Crippen LogP contribution in [0.5, 0.6) is 0 Å². The first-order chi connectivity index (χ1) is 22.3. The summed E-state index contributed by atoms with van der Waals surface area (Å²) >= 11 is -0.554. The molecule has 1 aliphatic heterocycles. The van der Waals surface area contributed by atoms with Gasteiger partial charge in [-0.25, -0.2) is 0 Å². The van der Waals surface area contributed by atoms with Crippen LogP contribution in [-0.2, 0) is 20.3 Å². The summed E-state index contributed by atoms with van der Waals surface area (Å²) in [5, 5.41) is 0. The minimum absolute atomic E-state index is 0.385. The van der Waals surface area contributed by atoms with Gasteiger partial charge < -0.3 is 0 Å². The molecule has 0 unspecified atom stereocenters. The van der Waals surface area contributed by atoms with Crippen LogP contribution in [0.4, 0.5) is 11.4 Å². The van der Waals surface area contributed by atoms with Crippen LogP contribution in [-0.4, -0.2) is 34.4 Å². The first-order valence-electron chi connectivity index (χ1n) is 18.1. The van der Waals surface area contributed by atoms with E-state index in [1.54, 1.807) is 77.0 Å². The van der Waals surface area contributed by atoms with Crippen molar-refractivity contribution < 1.29 is 20.3 Å². The molecule has 3 saturated carbocycles. The number of hydrogen-bond donors (Lipinski definition) is 0. The van der Waals surface area contributed by atoms with Gasteiger partial charge in [0.15, 0.2) is 0 Å². The van der Waals surface area contributed by atoms with E-state index in [0.29, 0.717) is 7.92 Å². The third-order valence-electron chi connectivity index (χ3n) is 10.9. The zero-order valence-electron chi connectivity index (χ0n) is 29.6. The van der Waals surface area contributed by atoms with Gasteiger partial charge in [0.25, 0.3) is 0 Å². The summed E-state index contributed by atoms with van der Waals surface area (Å²) < 4.78 is 8.80. The van der Waals surface area contributed by atoms with E-state index < -0.39 is 15.7 Å². The van der Waals surface area contributed by atoms with Gasteiger partial charge in [0.2, 0.25) is 0 Å². The number of rotatable bonds is 5.